The topological polar surface area (TPSA) is 73.9 Å². The van der Waals surface area contributed by atoms with Crippen LogP contribution in [0.1, 0.15) is 21.4 Å². The predicted molar refractivity (Wildman–Crippen MR) is 83.1 cm³/mol. The molecule has 0 radical (unpaired) electrons. The van der Waals surface area contributed by atoms with E-state index in [2.05, 4.69) is 23.1 Å². The molecule has 3 heterocycles. The van der Waals surface area contributed by atoms with Crippen molar-refractivity contribution in [2.45, 2.75) is 13.0 Å². The number of nitrogens with zero attached hydrogens (tertiary/aromatic N) is 4. The molecule has 21 heavy (non-hydrogen) atoms. The van der Waals surface area contributed by atoms with Crippen LogP contribution in [0.2, 0.25) is 0 Å². The minimum absolute atomic E-state index is 0.0684. The number of aromatic hydroxyl groups is 1. The summed E-state index contributed by atoms with van der Waals surface area (Å²) in [6.45, 7) is 2.65. The first-order chi connectivity index (χ1) is 10.1. The number of aromatic nitrogens is 3. The Labute approximate surface area is 129 Å². The van der Waals surface area contributed by atoms with Gasteiger partial charge in [0, 0.05) is 11.4 Å². The molecule has 0 amide bonds. The molecule has 0 aromatic carbocycles. The maximum absolute atomic E-state index is 10.4. The number of hydrogen-bond donors (Lipinski definition) is 2. The average Bonchev–Trinajstić information content (AvgIpc) is 3.12. The fourth-order valence-electron chi connectivity index (χ4n) is 2.34. The summed E-state index contributed by atoms with van der Waals surface area (Å²) in [6, 6.07) is 1.96. The van der Waals surface area contributed by atoms with Crippen molar-refractivity contribution in [3.8, 4) is 5.88 Å². The number of thiophene rings is 1. The molecular formula is C13H16N4O2S2. The van der Waals surface area contributed by atoms with Crippen molar-refractivity contribution < 1.29 is 10.2 Å². The van der Waals surface area contributed by atoms with E-state index >= 15 is 0 Å². The molecule has 0 aliphatic carbocycles. The number of aliphatic hydroxyl groups excluding tert-OH is 1. The largest absolute Gasteiger partial charge is 0.492 e. The molecule has 6 nitrogen and oxygen atoms in total. The minimum atomic E-state index is -0.106. The third kappa shape index (κ3) is 2.44. The molecule has 0 aliphatic heterocycles. The summed E-state index contributed by atoms with van der Waals surface area (Å²) < 4.78 is 1.45. The predicted octanol–water partition coefficient (Wildman–Crippen LogP) is 1.88. The normalized spacial score (nSPS) is 13.3. The number of likely N-dealkylation sites (N-methyl/N-ethyl adjacent to an activating group) is 1. The number of aryl methyl sites for hydroxylation is 1. The van der Waals surface area contributed by atoms with Crippen molar-refractivity contribution >= 4 is 27.6 Å². The molecule has 3 rings (SSSR count). The second kappa shape index (κ2) is 5.72. The smallest absolute Gasteiger partial charge is 0.230 e. The van der Waals surface area contributed by atoms with E-state index in [0.717, 1.165) is 9.75 Å². The van der Waals surface area contributed by atoms with Crippen molar-refractivity contribution in [2.75, 3.05) is 20.2 Å². The van der Waals surface area contributed by atoms with Gasteiger partial charge in [-0.2, -0.15) is 9.61 Å². The van der Waals surface area contributed by atoms with Gasteiger partial charge in [-0.1, -0.05) is 11.3 Å². The maximum Gasteiger partial charge on any atom is 0.230 e. The van der Waals surface area contributed by atoms with Gasteiger partial charge in [-0.05, 0) is 31.0 Å². The number of aliphatic hydroxyl groups is 1. The van der Waals surface area contributed by atoms with Crippen molar-refractivity contribution in [1.29, 1.82) is 0 Å². The summed E-state index contributed by atoms with van der Waals surface area (Å²) in [4.78, 5) is 8.79. The molecule has 3 aromatic rings. The Balaban J connectivity index is 2.12. The van der Waals surface area contributed by atoms with Gasteiger partial charge < -0.3 is 10.2 Å². The highest BCUT2D eigenvalue weighted by molar-refractivity contribution is 7.17. The molecule has 1 unspecified atom stereocenters. The molecule has 112 valence electrons. The van der Waals surface area contributed by atoms with Gasteiger partial charge in [-0.3, -0.25) is 4.90 Å². The van der Waals surface area contributed by atoms with E-state index in [0.29, 0.717) is 11.5 Å². The third-order valence-electron chi connectivity index (χ3n) is 3.43. The standard InChI is InChI=1S/C13H16N4O2S2/c1-8-3-6-20-10(8)9(16(2)4-5-18)11-12(19)17-13(21-11)14-7-15-17/h3,6-7,9,18-19H,4-5H2,1-2H3. The Morgan fingerprint density at radius 3 is 2.86 bits per heavy atom. The summed E-state index contributed by atoms with van der Waals surface area (Å²) >= 11 is 3.07. The molecule has 1 atom stereocenters. The fraction of sp³-hybridized carbons (Fsp3) is 0.385. The van der Waals surface area contributed by atoms with Gasteiger partial charge in [0.25, 0.3) is 0 Å². The van der Waals surface area contributed by atoms with Gasteiger partial charge in [0.1, 0.15) is 6.33 Å². The highest BCUT2D eigenvalue weighted by Crippen LogP contribution is 2.41. The highest BCUT2D eigenvalue weighted by Gasteiger charge is 2.28. The van der Waals surface area contributed by atoms with Crippen molar-refractivity contribution in [2.24, 2.45) is 0 Å². The summed E-state index contributed by atoms with van der Waals surface area (Å²) in [5, 5.41) is 25.8. The lowest BCUT2D eigenvalue weighted by molar-refractivity contribution is 0.198. The van der Waals surface area contributed by atoms with E-state index in [4.69, 9.17) is 0 Å². The van der Waals surface area contributed by atoms with Gasteiger partial charge >= 0.3 is 0 Å². The van der Waals surface area contributed by atoms with Gasteiger partial charge in [0.2, 0.25) is 10.8 Å². The Bertz CT molecular complexity index is 748. The monoisotopic (exact) mass is 324 g/mol. The Morgan fingerprint density at radius 2 is 2.24 bits per heavy atom. The van der Waals surface area contributed by atoms with Crippen molar-refractivity contribution in [1.82, 2.24) is 19.5 Å². The van der Waals surface area contributed by atoms with Crippen LogP contribution in [0.3, 0.4) is 0 Å². The zero-order valence-corrected chi connectivity index (χ0v) is 13.4. The van der Waals surface area contributed by atoms with Gasteiger partial charge in [-0.15, -0.1) is 11.3 Å². The fourth-order valence-corrected chi connectivity index (χ4v) is 4.62. The van der Waals surface area contributed by atoms with Crippen LogP contribution in [-0.4, -0.2) is 49.9 Å². The quantitative estimate of drug-likeness (QED) is 0.749. The number of hydrogen-bond acceptors (Lipinski definition) is 7. The molecule has 0 saturated heterocycles. The Morgan fingerprint density at radius 1 is 1.43 bits per heavy atom. The molecule has 8 heteroatoms. The van der Waals surface area contributed by atoms with E-state index in [1.165, 1.54) is 27.7 Å². The Hall–Kier alpha value is -1.48. The minimum Gasteiger partial charge on any atom is -0.492 e. The van der Waals surface area contributed by atoms with Gasteiger partial charge in [-0.25, -0.2) is 4.98 Å². The van der Waals surface area contributed by atoms with Crippen LogP contribution in [0.15, 0.2) is 17.8 Å². The molecule has 0 bridgehead atoms. The van der Waals surface area contributed by atoms with Crippen LogP contribution in [-0.2, 0) is 0 Å². The lowest BCUT2D eigenvalue weighted by atomic mass is 10.1. The molecule has 3 aromatic heterocycles. The van der Waals surface area contributed by atoms with Crippen molar-refractivity contribution in [3.05, 3.63) is 33.1 Å². The zero-order valence-electron chi connectivity index (χ0n) is 11.7. The van der Waals surface area contributed by atoms with Crippen molar-refractivity contribution in [3.63, 3.8) is 0 Å². The van der Waals surface area contributed by atoms with E-state index in [1.807, 2.05) is 17.3 Å². The maximum atomic E-state index is 10.4. The lowest BCUT2D eigenvalue weighted by Crippen LogP contribution is -2.27. The average molecular weight is 324 g/mol. The second-order valence-electron chi connectivity index (χ2n) is 4.82. The molecule has 0 spiro atoms. The van der Waals surface area contributed by atoms with E-state index in [-0.39, 0.29) is 18.5 Å². The lowest BCUT2D eigenvalue weighted by Gasteiger charge is -2.26. The van der Waals surface area contributed by atoms with E-state index in [9.17, 15) is 10.2 Å². The summed E-state index contributed by atoms with van der Waals surface area (Å²) in [5.74, 6) is 0.120. The summed E-state index contributed by atoms with van der Waals surface area (Å²) in [7, 11) is 1.94. The first kappa shape index (κ1) is 14.5. The van der Waals surface area contributed by atoms with Crippen LogP contribution >= 0.6 is 22.7 Å². The van der Waals surface area contributed by atoms with Gasteiger partial charge in [0.15, 0.2) is 0 Å². The number of rotatable bonds is 5. The number of fused-ring (bicyclic) bond motifs is 1. The summed E-state index contributed by atoms with van der Waals surface area (Å²) in [6.07, 6.45) is 1.43. The third-order valence-corrected chi connectivity index (χ3v) is 5.59. The molecule has 2 N–H and O–H groups in total. The molecular weight excluding hydrogens is 308 g/mol. The molecule has 0 saturated carbocycles. The number of thiazole rings is 1. The van der Waals surface area contributed by atoms with Crippen LogP contribution in [0.25, 0.3) is 4.96 Å². The van der Waals surface area contributed by atoms with Crippen LogP contribution < -0.4 is 0 Å². The van der Waals surface area contributed by atoms with E-state index < -0.39 is 0 Å². The molecule has 0 fully saturated rings. The molecule has 0 aliphatic rings. The summed E-state index contributed by atoms with van der Waals surface area (Å²) in [5.41, 5.74) is 1.17. The second-order valence-corrected chi connectivity index (χ2v) is 6.78. The zero-order chi connectivity index (χ0) is 15.0. The van der Waals surface area contributed by atoms with E-state index in [1.54, 1.807) is 11.3 Å². The highest BCUT2D eigenvalue weighted by atomic mass is 32.1. The van der Waals surface area contributed by atoms with Crippen LogP contribution in [0.4, 0.5) is 0 Å². The van der Waals surface area contributed by atoms with Crippen LogP contribution in [0.5, 0.6) is 5.88 Å². The Kier molecular flexibility index (Phi) is 3.94. The van der Waals surface area contributed by atoms with Crippen LogP contribution in [0, 0.1) is 6.92 Å². The van der Waals surface area contributed by atoms with Gasteiger partial charge in [0.05, 0.1) is 17.5 Å². The SMILES string of the molecule is Cc1ccsc1C(c1sc2ncnn2c1O)N(C)CCO. The first-order valence-electron chi connectivity index (χ1n) is 6.50. The first-order valence-corrected chi connectivity index (χ1v) is 8.19.